The van der Waals surface area contributed by atoms with Crippen LogP contribution >= 0.6 is 0 Å². The molecule has 3 atom stereocenters. The van der Waals surface area contributed by atoms with E-state index in [4.69, 9.17) is 9.47 Å². The molecular weight excluding hydrogens is 395 g/mol. The number of hydrogen-bond acceptors (Lipinski definition) is 3. The van der Waals surface area contributed by atoms with Crippen LogP contribution in [0.1, 0.15) is 62.3 Å². The summed E-state index contributed by atoms with van der Waals surface area (Å²) in [4.78, 5) is 14.8. The average Bonchev–Trinajstić information content (AvgIpc) is 3.16. The molecule has 0 radical (unpaired) electrons. The molecule has 31 heavy (non-hydrogen) atoms. The van der Waals surface area contributed by atoms with Gasteiger partial charge in [-0.3, -0.25) is 4.79 Å². The van der Waals surface area contributed by atoms with Crippen LogP contribution in [0.15, 0.2) is 48.5 Å². The Hall–Kier alpha value is -1.71. The van der Waals surface area contributed by atoms with Gasteiger partial charge in [0.15, 0.2) is 5.91 Å². The van der Waals surface area contributed by atoms with Crippen molar-refractivity contribution in [1.29, 1.82) is 0 Å². The standard InChI is InChI=1S/C24H26F2NO3.Li/c1-16(17-6-3-2-4-7-17)30-21-8-5-11-29-24-10-9-22(27(24)23(28)15-21)18-12-19(25)14-20(26)13-18;/h2-4,6-7,12-14,16,21-22H,5,8-11,15H2,1H3;/q-1;+1/t16?,21?,22-;/m0./s1. The van der Waals surface area contributed by atoms with Gasteiger partial charge in [-0.1, -0.05) is 36.8 Å². The van der Waals surface area contributed by atoms with Crippen molar-refractivity contribution in [3.05, 3.63) is 77.5 Å². The van der Waals surface area contributed by atoms with Crippen molar-refractivity contribution in [2.75, 3.05) is 6.61 Å². The van der Waals surface area contributed by atoms with Crippen LogP contribution in [0.4, 0.5) is 8.78 Å². The monoisotopic (exact) mass is 421 g/mol. The van der Waals surface area contributed by atoms with E-state index in [2.05, 4.69) is 0 Å². The van der Waals surface area contributed by atoms with Gasteiger partial charge in [-0.2, -0.15) is 0 Å². The van der Waals surface area contributed by atoms with Crippen LogP contribution in [0.3, 0.4) is 0 Å². The molecule has 2 heterocycles. The number of halogens is 2. The van der Waals surface area contributed by atoms with E-state index in [1.807, 2.05) is 37.3 Å². The van der Waals surface area contributed by atoms with Crippen LogP contribution < -0.4 is 18.9 Å². The summed E-state index contributed by atoms with van der Waals surface area (Å²) in [6, 6.07) is 12.9. The fourth-order valence-electron chi connectivity index (χ4n) is 4.33. The van der Waals surface area contributed by atoms with Crippen LogP contribution in [-0.2, 0) is 14.3 Å². The van der Waals surface area contributed by atoms with Crippen molar-refractivity contribution in [2.45, 2.75) is 57.3 Å². The van der Waals surface area contributed by atoms with Gasteiger partial charge in [0.2, 0.25) is 0 Å². The second-order valence-corrected chi connectivity index (χ2v) is 7.92. The maximum absolute atomic E-state index is 13.8. The number of benzene rings is 2. The third-order valence-electron chi connectivity index (χ3n) is 5.76. The zero-order valence-electron chi connectivity index (χ0n) is 18.0. The molecule has 2 saturated heterocycles. The molecule has 0 spiro atoms. The fourth-order valence-corrected chi connectivity index (χ4v) is 4.33. The number of rotatable bonds is 4. The maximum atomic E-state index is 13.8. The molecule has 2 aliphatic rings. The van der Waals surface area contributed by atoms with Crippen molar-refractivity contribution in [3.63, 3.8) is 0 Å². The van der Waals surface area contributed by atoms with E-state index in [0.29, 0.717) is 37.7 Å². The van der Waals surface area contributed by atoms with Gasteiger partial charge in [0.05, 0.1) is 18.6 Å². The van der Waals surface area contributed by atoms with Crippen LogP contribution in [0.5, 0.6) is 0 Å². The third-order valence-corrected chi connectivity index (χ3v) is 5.76. The summed E-state index contributed by atoms with van der Waals surface area (Å²) in [5, 5.41) is 0. The Morgan fingerprint density at radius 1 is 1.13 bits per heavy atom. The van der Waals surface area contributed by atoms with E-state index in [9.17, 15) is 13.6 Å². The van der Waals surface area contributed by atoms with Gasteiger partial charge in [-0.15, -0.1) is 12.6 Å². The van der Waals surface area contributed by atoms with Crippen molar-refractivity contribution < 1.29 is 41.9 Å². The molecule has 0 aliphatic carbocycles. The Bertz CT molecular complexity index is 862. The molecule has 2 fully saturated rings. The molecule has 2 aliphatic heterocycles. The minimum absolute atomic E-state index is 0. The second-order valence-electron chi connectivity index (χ2n) is 7.92. The molecule has 2 unspecified atom stereocenters. The van der Waals surface area contributed by atoms with Crippen molar-refractivity contribution in [1.82, 2.24) is 4.90 Å². The first kappa shape index (κ1) is 23.9. The molecule has 4 nitrogen and oxygen atoms in total. The van der Waals surface area contributed by atoms with Gasteiger partial charge in [0.25, 0.3) is 0 Å². The van der Waals surface area contributed by atoms with Gasteiger partial charge < -0.3 is 14.4 Å². The first-order valence-electron chi connectivity index (χ1n) is 10.5. The van der Waals surface area contributed by atoms with Crippen LogP contribution in [0, 0.1) is 17.9 Å². The van der Waals surface area contributed by atoms with Crippen molar-refractivity contribution >= 4 is 5.91 Å². The number of ether oxygens (including phenoxy) is 2. The normalized spacial score (nSPS) is 23.3. The van der Waals surface area contributed by atoms with Gasteiger partial charge in [-0.25, -0.2) is 8.78 Å². The fraction of sp³-hybridized carbons (Fsp3) is 0.417. The Morgan fingerprint density at radius 3 is 2.55 bits per heavy atom. The number of nitrogens with zero attached hydrogens (tertiary/aromatic N) is 1. The summed E-state index contributed by atoms with van der Waals surface area (Å²) in [5.41, 5.74) is 1.51. The molecule has 4 rings (SSSR count). The minimum Gasteiger partial charge on any atom is -0.528 e. The first-order valence-corrected chi connectivity index (χ1v) is 10.5. The SMILES string of the molecule is CC(OC1CCCO[C-]2CC[C@@H](c3cc(F)cc(F)c3)N2C(=O)C1)c1ccccc1.[Li+]. The summed E-state index contributed by atoms with van der Waals surface area (Å²) in [6.07, 6.45) is 3.04. The topological polar surface area (TPSA) is 38.8 Å². The van der Waals surface area contributed by atoms with E-state index < -0.39 is 17.7 Å². The molecule has 2 aromatic rings. The Morgan fingerprint density at radius 2 is 1.84 bits per heavy atom. The molecule has 0 aromatic heterocycles. The van der Waals surface area contributed by atoms with E-state index in [1.54, 1.807) is 4.90 Å². The predicted molar refractivity (Wildman–Crippen MR) is 108 cm³/mol. The molecule has 0 bridgehead atoms. The second kappa shape index (κ2) is 10.7. The molecule has 0 saturated carbocycles. The van der Waals surface area contributed by atoms with Crippen molar-refractivity contribution in [2.24, 2.45) is 0 Å². The number of amides is 1. The van der Waals surface area contributed by atoms with E-state index in [-0.39, 0.29) is 43.4 Å². The molecular formula is C24H26F2LiNO3. The molecule has 7 heteroatoms. The first-order chi connectivity index (χ1) is 14.5. The summed E-state index contributed by atoms with van der Waals surface area (Å²) in [7, 11) is 0. The molecule has 160 valence electrons. The van der Waals surface area contributed by atoms with Crippen LogP contribution in [0.2, 0.25) is 0 Å². The van der Waals surface area contributed by atoms with E-state index in [0.717, 1.165) is 18.1 Å². The largest absolute Gasteiger partial charge is 1.00 e. The minimum atomic E-state index is -0.644. The molecule has 0 N–H and O–H groups in total. The van der Waals surface area contributed by atoms with Crippen LogP contribution in [-0.4, -0.2) is 23.5 Å². The smallest absolute Gasteiger partial charge is 0.528 e. The number of carbonyl (C=O) groups is 1. The molecule has 2 aromatic carbocycles. The number of hydrogen-bond donors (Lipinski definition) is 0. The zero-order chi connectivity index (χ0) is 21.1. The van der Waals surface area contributed by atoms with E-state index >= 15 is 0 Å². The summed E-state index contributed by atoms with van der Waals surface area (Å²) in [6.45, 7) is 2.47. The summed E-state index contributed by atoms with van der Waals surface area (Å²) < 4.78 is 39.7. The Labute approximate surface area is 194 Å². The predicted octanol–water partition coefficient (Wildman–Crippen LogP) is 2.47. The Balaban J connectivity index is 0.00000272. The van der Waals surface area contributed by atoms with Gasteiger partial charge in [-0.05, 0) is 43.0 Å². The number of carbonyl (C=O) groups excluding carboxylic acids is 1. The average molecular weight is 421 g/mol. The third kappa shape index (κ3) is 5.75. The zero-order valence-corrected chi connectivity index (χ0v) is 18.0. The Kier molecular flexibility index (Phi) is 8.29. The number of fused-ring (bicyclic) bond motifs is 1. The van der Waals surface area contributed by atoms with Crippen LogP contribution in [0.25, 0.3) is 0 Å². The van der Waals surface area contributed by atoms with E-state index in [1.165, 1.54) is 12.1 Å². The summed E-state index contributed by atoms with van der Waals surface area (Å²) in [5.74, 6) is -1.42. The maximum Gasteiger partial charge on any atom is 1.00 e. The molecule has 1 amide bonds. The van der Waals surface area contributed by atoms with Crippen molar-refractivity contribution in [3.8, 4) is 0 Å². The van der Waals surface area contributed by atoms with Gasteiger partial charge >= 0.3 is 18.9 Å². The quantitative estimate of drug-likeness (QED) is 0.563. The van der Waals surface area contributed by atoms with Gasteiger partial charge in [0, 0.05) is 18.7 Å². The summed E-state index contributed by atoms with van der Waals surface area (Å²) >= 11 is 0. The van der Waals surface area contributed by atoms with Gasteiger partial charge in [0.1, 0.15) is 11.6 Å².